The maximum absolute atomic E-state index is 13.2. The van der Waals surface area contributed by atoms with Crippen molar-refractivity contribution in [3.8, 4) is 0 Å². The van der Waals surface area contributed by atoms with Gasteiger partial charge in [0.25, 0.3) is 5.91 Å². The van der Waals surface area contributed by atoms with Crippen LogP contribution in [0.4, 0.5) is 10.2 Å². The van der Waals surface area contributed by atoms with Crippen molar-refractivity contribution in [2.75, 3.05) is 12.4 Å². The number of anilines is 1. The molecule has 0 unspecified atom stereocenters. The van der Waals surface area contributed by atoms with E-state index in [1.54, 1.807) is 12.3 Å². The quantitative estimate of drug-likeness (QED) is 0.606. The molecule has 1 amide bonds. The van der Waals surface area contributed by atoms with Crippen LogP contribution in [-0.2, 0) is 11.2 Å². The lowest BCUT2D eigenvalue weighted by Crippen LogP contribution is -2.15. The number of rotatable bonds is 7. The zero-order valence-corrected chi connectivity index (χ0v) is 14.6. The molecule has 0 bridgehead atoms. The van der Waals surface area contributed by atoms with Gasteiger partial charge in [0.1, 0.15) is 29.4 Å². The van der Waals surface area contributed by atoms with Crippen molar-refractivity contribution < 1.29 is 13.9 Å². The standard InChI is InChI=1S/C19H19FN4O2/c1-5-14-6-7-16(21-10-14)19(25)24-18-9-17(22-11-23-18)15(8-12(2)20)13(3)26-4/h6-11H,2-3,5H2,1,4H3,(H,22,23,24,25)/b15-8+. The van der Waals surface area contributed by atoms with Gasteiger partial charge in [-0.3, -0.25) is 9.78 Å². The number of aromatic nitrogens is 3. The first kappa shape index (κ1) is 19.0. The summed E-state index contributed by atoms with van der Waals surface area (Å²) < 4.78 is 18.3. The van der Waals surface area contributed by atoms with Crippen molar-refractivity contribution in [1.82, 2.24) is 15.0 Å². The summed E-state index contributed by atoms with van der Waals surface area (Å²) in [6, 6.07) is 4.96. The lowest BCUT2D eigenvalue weighted by Gasteiger charge is -2.10. The first-order valence-electron chi connectivity index (χ1n) is 7.82. The first-order valence-corrected chi connectivity index (χ1v) is 7.82. The summed E-state index contributed by atoms with van der Waals surface area (Å²) in [6.45, 7) is 8.91. The number of nitrogens with one attached hydrogen (secondary N) is 1. The lowest BCUT2D eigenvalue weighted by atomic mass is 10.1. The Kier molecular flexibility index (Phi) is 6.32. The van der Waals surface area contributed by atoms with Gasteiger partial charge in [-0.15, -0.1) is 0 Å². The van der Waals surface area contributed by atoms with E-state index < -0.39 is 11.7 Å². The predicted octanol–water partition coefficient (Wildman–Crippen LogP) is 3.71. The Labute approximate surface area is 151 Å². The van der Waals surface area contributed by atoms with Gasteiger partial charge in [-0.2, -0.15) is 0 Å². The van der Waals surface area contributed by atoms with E-state index in [9.17, 15) is 9.18 Å². The molecule has 0 fully saturated rings. The highest BCUT2D eigenvalue weighted by Gasteiger charge is 2.13. The smallest absolute Gasteiger partial charge is 0.275 e. The lowest BCUT2D eigenvalue weighted by molar-refractivity contribution is 0.102. The van der Waals surface area contributed by atoms with Crippen LogP contribution in [0.25, 0.3) is 5.57 Å². The van der Waals surface area contributed by atoms with Crippen molar-refractivity contribution in [1.29, 1.82) is 0 Å². The predicted molar refractivity (Wildman–Crippen MR) is 98.0 cm³/mol. The third-order valence-corrected chi connectivity index (χ3v) is 3.50. The number of amides is 1. The Morgan fingerprint density at radius 3 is 2.62 bits per heavy atom. The van der Waals surface area contributed by atoms with Crippen molar-refractivity contribution in [2.24, 2.45) is 0 Å². The van der Waals surface area contributed by atoms with Gasteiger partial charge in [0.15, 0.2) is 0 Å². The minimum absolute atomic E-state index is 0.205. The number of hydrogen-bond acceptors (Lipinski definition) is 5. The summed E-state index contributed by atoms with van der Waals surface area (Å²) >= 11 is 0. The van der Waals surface area contributed by atoms with E-state index >= 15 is 0 Å². The fourth-order valence-electron chi connectivity index (χ4n) is 2.09. The summed E-state index contributed by atoms with van der Waals surface area (Å²) in [5.74, 6) is -0.650. The maximum atomic E-state index is 13.2. The van der Waals surface area contributed by atoms with E-state index in [0.717, 1.165) is 18.1 Å². The van der Waals surface area contributed by atoms with Gasteiger partial charge in [0, 0.05) is 17.8 Å². The number of ether oxygens (including phenoxy) is 1. The number of hydrogen-bond donors (Lipinski definition) is 1. The molecule has 0 aromatic carbocycles. The number of aryl methyl sites for hydroxylation is 1. The monoisotopic (exact) mass is 354 g/mol. The van der Waals surface area contributed by atoms with E-state index in [4.69, 9.17) is 4.74 Å². The van der Waals surface area contributed by atoms with Crippen LogP contribution in [0.5, 0.6) is 0 Å². The van der Waals surface area contributed by atoms with Crippen LogP contribution in [0.2, 0.25) is 0 Å². The van der Waals surface area contributed by atoms with E-state index in [1.165, 1.54) is 19.5 Å². The molecule has 0 aliphatic carbocycles. The van der Waals surface area contributed by atoms with Crippen LogP contribution in [0, 0.1) is 0 Å². The highest BCUT2D eigenvalue weighted by Crippen LogP contribution is 2.23. The normalized spacial score (nSPS) is 11.0. The molecule has 2 rings (SSSR count). The molecule has 0 aliphatic heterocycles. The fourth-order valence-corrected chi connectivity index (χ4v) is 2.09. The summed E-state index contributed by atoms with van der Waals surface area (Å²) in [7, 11) is 1.41. The number of pyridine rings is 1. The van der Waals surface area contributed by atoms with Crippen LogP contribution in [-0.4, -0.2) is 28.0 Å². The van der Waals surface area contributed by atoms with Crippen LogP contribution >= 0.6 is 0 Å². The van der Waals surface area contributed by atoms with Crippen molar-refractivity contribution in [3.05, 3.63) is 78.5 Å². The van der Waals surface area contributed by atoms with Crippen LogP contribution in [0.3, 0.4) is 0 Å². The highest BCUT2D eigenvalue weighted by molar-refractivity contribution is 6.02. The van der Waals surface area contributed by atoms with Gasteiger partial charge in [-0.05, 0) is 24.1 Å². The average Bonchev–Trinajstić information content (AvgIpc) is 2.65. The minimum Gasteiger partial charge on any atom is -0.497 e. The number of nitrogens with zero attached hydrogens (tertiary/aromatic N) is 3. The first-order chi connectivity index (χ1) is 12.4. The molecule has 0 saturated carbocycles. The number of halogens is 1. The van der Waals surface area contributed by atoms with Crippen LogP contribution in [0.15, 0.2) is 61.5 Å². The SMILES string of the molecule is C=C(F)/C=C(\C(=C)OC)c1cc(NC(=O)c2ccc(CC)cn2)ncn1. The Bertz CT molecular complexity index is 860. The second kappa shape index (κ2) is 8.66. The highest BCUT2D eigenvalue weighted by atomic mass is 19.1. The molecule has 2 aromatic rings. The third-order valence-electron chi connectivity index (χ3n) is 3.50. The number of carbonyl (C=O) groups excluding carboxylic acids is 1. The third kappa shape index (κ3) is 4.83. The second-order valence-corrected chi connectivity index (χ2v) is 5.28. The van der Waals surface area contributed by atoms with E-state index in [0.29, 0.717) is 11.3 Å². The Hall–Kier alpha value is -3.35. The van der Waals surface area contributed by atoms with Crippen molar-refractivity contribution >= 4 is 17.3 Å². The molecule has 1 N–H and O–H groups in total. The van der Waals surface area contributed by atoms with Crippen molar-refractivity contribution in [3.63, 3.8) is 0 Å². The van der Waals surface area contributed by atoms with E-state index in [1.807, 2.05) is 13.0 Å². The maximum Gasteiger partial charge on any atom is 0.275 e. The van der Waals surface area contributed by atoms with Crippen molar-refractivity contribution in [2.45, 2.75) is 13.3 Å². The molecule has 7 heteroatoms. The molecule has 0 spiro atoms. The van der Waals surface area contributed by atoms with E-state index in [-0.39, 0.29) is 17.3 Å². The molecule has 0 aliphatic rings. The largest absolute Gasteiger partial charge is 0.497 e. The number of methoxy groups -OCH3 is 1. The van der Waals surface area contributed by atoms with Gasteiger partial charge < -0.3 is 10.1 Å². The molecule has 0 atom stereocenters. The van der Waals surface area contributed by atoms with Gasteiger partial charge in [-0.1, -0.05) is 26.1 Å². The molecular weight excluding hydrogens is 335 g/mol. The summed E-state index contributed by atoms with van der Waals surface area (Å²) in [5.41, 5.74) is 1.92. The molecule has 2 heterocycles. The van der Waals surface area contributed by atoms with Crippen LogP contribution in [0.1, 0.15) is 28.7 Å². The molecule has 2 aromatic heterocycles. The molecule has 26 heavy (non-hydrogen) atoms. The number of allylic oxidation sites excluding steroid dienone is 3. The van der Waals surface area contributed by atoms with E-state index in [2.05, 4.69) is 33.4 Å². The average molecular weight is 354 g/mol. The Morgan fingerprint density at radius 1 is 1.27 bits per heavy atom. The summed E-state index contributed by atoms with van der Waals surface area (Å²) in [6.07, 6.45) is 4.88. The Morgan fingerprint density at radius 2 is 2.04 bits per heavy atom. The van der Waals surface area contributed by atoms with Gasteiger partial charge in [0.2, 0.25) is 0 Å². The zero-order chi connectivity index (χ0) is 19.1. The summed E-state index contributed by atoms with van der Waals surface area (Å²) in [5, 5.41) is 2.63. The number of carbonyl (C=O) groups is 1. The minimum atomic E-state index is -0.678. The topological polar surface area (TPSA) is 77.0 Å². The molecular formula is C19H19FN4O2. The Balaban J connectivity index is 2.26. The fraction of sp³-hybridized carbons (Fsp3) is 0.158. The van der Waals surface area contributed by atoms with Crippen LogP contribution < -0.4 is 5.32 Å². The molecule has 134 valence electrons. The van der Waals surface area contributed by atoms with Gasteiger partial charge in [0.05, 0.1) is 12.8 Å². The molecule has 6 nitrogen and oxygen atoms in total. The zero-order valence-electron chi connectivity index (χ0n) is 14.6. The molecule has 0 radical (unpaired) electrons. The summed E-state index contributed by atoms with van der Waals surface area (Å²) in [4.78, 5) is 24.5. The van der Waals surface area contributed by atoms with Gasteiger partial charge in [-0.25, -0.2) is 14.4 Å². The second-order valence-electron chi connectivity index (χ2n) is 5.28. The van der Waals surface area contributed by atoms with Gasteiger partial charge >= 0.3 is 0 Å². The molecule has 0 saturated heterocycles.